The van der Waals surface area contributed by atoms with E-state index in [9.17, 15) is 8.42 Å². The zero-order chi connectivity index (χ0) is 17.2. The second-order valence-corrected chi connectivity index (χ2v) is 7.71. The highest BCUT2D eigenvalue weighted by Crippen LogP contribution is 2.25. The molecule has 1 aromatic carbocycles. The average Bonchev–Trinajstić information content (AvgIpc) is 3.16. The summed E-state index contributed by atoms with van der Waals surface area (Å²) in [6, 6.07) is 9.26. The van der Waals surface area contributed by atoms with Gasteiger partial charge in [0, 0.05) is 18.7 Å². The maximum absolute atomic E-state index is 12.2. The van der Waals surface area contributed by atoms with Crippen LogP contribution in [0.25, 0.3) is 11.3 Å². The number of hydrogen-bond acceptors (Lipinski definition) is 5. The predicted octanol–water partition coefficient (Wildman–Crippen LogP) is 2.21. The van der Waals surface area contributed by atoms with Gasteiger partial charge in [-0.15, -0.1) is 10.2 Å². The van der Waals surface area contributed by atoms with Gasteiger partial charge < -0.3 is 4.90 Å². The number of sulfonamides is 1. The minimum atomic E-state index is -3.50. The van der Waals surface area contributed by atoms with E-state index < -0.39 is 10.0 Å². The SMILES string of the molecule is CCc1ccc(-c2ccc(N3CCCC3)nn2)cc1S(=O)(=O)NC. The molecule has 0 amide bonds. The third-order valence-electron chi connectivity index (χ3n) is 4.38. The van der Waals surface area contributed by atoms with E-state index in [1.807, 2.05) is 31.2 Å². The smallest absolute Gasteiger partial charge is 0.240 e. The fraction of sp³-hybridized carbons (Fsp3) is 0.412. The first-order valence-corrected chi connectivity index (χ1v) is 9.69. The fourth-order valence-corrected chi connectivity index (χ4v) is 4.02. The first-order valence-electron chi connectivity index (χ1n) is 8.20. The van der Waals surface area contributed by atoms with E-state index in [-0.39, 0.29) is 0 Å². The van der Waals surface area contributed by atoms with Gasteiger partial charge in [0.2, 0.25) is 10.0 Å². The van der Waals surface area contributed by atoms with Gasteiger partial charge in [-0.3, -0.25) is 0 Å². The molecule has 7 heteroatoms. The molecule has 0 radical (unpaired) electrons. The summed E-state index contributed by atoms with van der Waals surface area (Å²) in [6.45, 7) is 3.97. The minimum Gasteiger partial charge on any atom is -0.355 e. The van der Waals surface area contributed by atoms with Gasteiger partial charge in [-0.2, -0.15) is 0 Å². The molecule has 1 N–H and O–H groups in total. The molecule has 1 aliphatic rings. The zero-order valence-corrected chi connectivity index (χ0v) is 14.8. The van der Waals surface area contributed by atoms with Crippen LogP contribution in [0.15, 0.2) is 35.2 Å². The van der Waals surface area contributed by atoms with Gasteiger partial charge in [0.25, 0.3) is 0 Å². The maximum Gasteiger partial charge on any atom is 0.240 e. The summed E-state index contributed by atoms with van der Waals surface area (Å²) < 4.78 is 26.9. The van der Waals surface area contributed by atoms with Crippen LogP contribution in [0, 0.1) is 0 Å². The van der Waals surface area contributed by atoms with Crippen molar-refractivity contribution in [1.82, 2.24) is 14.9 Å². The number of nitrogens with zero attached hydrogens (tertiary/aromatic N) is 3. The van der Waals surface area contributed by atoms with E-state index in [1.54, 1.807) is 6.07 Å². The molecule has 1 saturated heterocycles. The Kier molecular flexibility index (Phi) is 4.82. The summed E-state index contributed by atoms with van der Waals surface area (Å²) >= 11 is 0. The first kappa shape index (κ1) is 16.9. The Hall–Kier alpha value is -1.99. The zero-order valence-electron chi connectivity index (χ0n) is 14.0. The second-order valence-electron chi connectivity index (χ2n) is 5.85. The summed E-state index contributed by atoms with van der Waals surface area (Å²) in [4.78, 5) is 2.52. The lowest BCUT2D eigenvalue weighted by molar-refractivity contribution is 0.587. The molecule has 0 bridgehead atoms. The molecular weight excluding hydrogens is 324 g/mol. The lowest BCUT2D eigenvalue weighted by Gasteiger charge is -2.15. The Morgan fingerprint density at radius 1 is 1.12 bits per heavy atom. The second kappa shape index (κ2) is 6.86. The van der Waals surface area contributed by atoms with Crippen molar-refractivity contribution in [3.63, 3.8) is 0 Å². The molecule has 0 unspecified atom stereocenters. The summed E-state index contributed by atoms with van der Waals surface area (Å²) in [5.41, 5.74) is 2.21. The molecule has 0 saturated carbocycles. The number of benzene rings is 1. The molecule has 0 aliphatic carbocycles. The van der Waals surface area contributed by atoms with E-state index in [4.69, 9.17) is 0 Å². The van der Waals surface area contributed by atoms with Crippen LogP contribution in [0.5, 0.6) is 0 Å². The molecule has 3 rings (SSSR count). The minimum absolute atomic E-state index is 0.301. The standard InChI is InChI=1S/C17H22N4O2S/c1-3-13-6-7-14(12-16(13)24(22,23)18-2)15-8-9-17(20-19-15)21-10-4-5-11-21/h6-9,12,18H,3-5,10-11H2,1-2H3. The third kappa shape index (κ3) is 3.27. The van der Waals surface area contributed by atoms with Crippen molar-refractivity contribution in [3.8, 4) is 11.3 Å². The van der Waals surface area contributed by atoms with E-state index in [0.29, 0.717) is 17.0 Å². The summed E-state index contributed by atoms with van der Waals surface area (Å²) in [6.07, 6.45) is 3.02. The largest absolute Gasteiger partial charge is 0.355 e. The Balaban J connectivity index is 1.96. The lowest BCUT2D eigenvalue weighted by Crippen LogP contribution is -2.20. The molecule has 6 nitrogen and oxygen atoms in total. The van der Waals surface area contributed by atoms with Crippen LogP contribution in [0.4, 0.5) is 5.82 Å². The van der Waals surface area contributed by atoms with E-state index in [1.165, 1.54) is 19.9 Å². The molecule has 1 aromatic heterocycles. The van der Waals surface area contributed by atoms with Crippen LogP contribution >= 0.6 is 0 Å². The highest BCUT2D eigenvalue weighted by atomic mass is 32.2. The van der Waals surface area contributed by atoms with Gasteiger partial charge in [-0.25, -0.2) is 13.1 Å². The Bertz CT molecular complexity index is 813. The van der Waals surface area contributed by atoms with Gasteiger partial charge in [-0.05, 0) is 50.1 Å². The average molecular weight is 346 g/mol. The van der Waals surface area contributed by atoms with Gasteiger partial charge in [0.1, 0.15) is 0 Å². The third-order valence-corrected chi connectivity index (χ3v) is 5.88. The van der Waals surface area contributed by atoms with E-state index >= 15 is 0 Å². The number of aromatic nitrogens is 2. The van der Waals surface area contributed by atoms with Crippen molar-refractivity contribution in [2.45, 2.75) is 31.1 Å². The van der Waals surface area contributed by atoms with Crippen molar-refractivity contribution in [3.05, 3.63) is 35.9 Å². The Morgan fingerprint density at radius 3 is 2.46 bits per heavy atom. The highest BCUT2D eigenvalue weighted by Gasteiger charge is 2.18. The maximum atomic E-state index is 12.2. The van der Waals surface area contributed by atoms with Crippen LogP contribution in [-0.2, 0) is 16.4 Å². The lowest BCUT2D eigenvalue weighted by atomic mass is 10.1. The van der Waals surface area contributed by atoms with Gasteiger partial charge in [0.15, 0.2) is 5.82 Å². The number of aryl methyl sites for hydroxylation is 1. The monoisotopic (exact) mass is 346 g/mol. The van der Waals surface area contributed by atoms with Crippen LogP contribution in [0.1, 0.15) is 25.3 Å². The normalized spacial score (nSPS) is 15.0. The summed E-state index contributed by atoms with van der Waals surface area (Å²) in [7, 11) is -2.08. The molecule has 2 heterocycles. The summed E-state index contributed by atoms with van der Waals surface area (Å²) in [5, 5.41) is 8.59. The van der Waals surface area contributed by atoms with Crippen LogP contribution in [-0.4, -0.2) is 38.8 Å². The van der Waals surface area contributed by atoms with Gasteiger partial charge in [-0.1, -0.05) is 19.1 Å². The molecule has 1 fully saturated rings. The molecule has 1 aliphatic heterocycles. The number of rotatable bonds is 5. The van der Waals surface area contributed by atoms with Gasteiger partial charge >= 0.3 is 0 Å². The number of hydrogen-bond donors (Lipinski definition) is 1. The summed E-state index contributed by atoms with van der Waals surface area (Å²) in [5.74, 6) is 0.879. The van der Waals surface area contributed by atoms with E-state index in [0.717, 1.165) is 30.0 Å². The Labute approximate surface area is 143 Å². The first-order chi connectivity index (χ1) is 11.5. The number of anilines is 1. The number of nitrogens with one attached hydrogen (secondary N) is 1. The van der Waals surface area contributed by atoms with E-state index in [2.05, 4.69) is 19.8 Å². The van der Waals surface area contributed by atoms with Crippen LogP contribution in [0.3, 0.4) is 0 Å². The predicted molar refractivity (Wildman–Crippen MR) is 94.5 cm³/mol. The van der Waals surface area contributed by atoms with Gasteiger partial charge in [0.05, 0.1) is 10.6 Å². The van der Waals surface area contributed by atoms with Crippen molar-refractivity contribution in [1.29, 1.82) is 0 Å². The molecular formula is C17H22N4O2S. The molecule has 0 spiro atoms. The highest BCUT2D eigenvalue weighted by molar-refractivity contribution is 7.89. The Morgan fingerprint density at radius 2 is 1.88 bits per heavy atom. The van der Waals surface area contributed by atoms with Crippen LogP contribution < -0.4 is 9.62 Å². The van der Waals surface area contributed by atoms with Crippen molar-refractivity contribution < 1.29 is 8.42 Å². The quantitative estimate of drug-likeness (QED) is 0.898. The molecule has 128 valence electrons. The van der Waals surface area contributed by atoms with Crippen LogP contribution in [0.2, 0.25) is 0 Å². The topological polar surface area (TPSA) is 75.2 Å². The van der Waals surface area contributed by atoms with Crippen molar-refractivity contribution >= 4 is 15.8 Å². The van der Waals surface area contributed by atoms with Crippen molar-refractivity contribution in [2.75, 3.05) is 25.0 Å². The van der Waals surface area contributed by atoms with Crippen molar-refractivity contribution in [2.24, 2.45) is 0 Å². The molecule has 24 heavy (non-hydrogen) atoms. The molecule has 0 atom stereocenters. The molecule has 2 aromatic rings. The fourth-order valence-electron chi connectivity index (χ4n) is 2.96.